The van der Waals surface area contributed by atoms with Gasteiger partial charge in [0.2, 0.25) is 5.91 Å². The first-order valence-electron chi connectivity index (χ1n) is 11.9. The minimum atomic E-state index is -1.18. The van der Waals surface area contributed by atoms with Crippen LogP contribution < -0.4 is 10.6 Å². The fourth-order valence-corrected chi connectivity index (χ4v) is 7.04. The SMILES string of the molecule is CC(C)(C)C(=O)[C@@H]1NC2(CCCCC2)[C@@]2(C(=O)Nc3cc(Cl)ccc32)[C@H]1c1cccc(Cl)c1F. The van der Waals surface area contributed by atoms with Crippen molar-refractivity contribution in [1.82, 2.24) is 5.32 Å². The number of anilines is 1. The van der Waals surface area contributed by atoms with Crippen LogP contribution in [-0.4, -0.2) is 23.3 Å². The van der Waals surface area contributed by atoms with E-state index in [4.69, 9.17) is 23.2 Å². The molecule has 0 aromatic heterocycles. The van der Waals surface area contributed by atoms with Gasteiger partial charge in [-0.1, -0.05) is 81.4 Å². The second-order valence-corrected chi connectivity index (χ2v) is 11.8. The number of hydrogen-bond acceptors (Lipinski definition) is 3. The van der Waals surface area contributed by atoms with Crippen molar-refractivity contribution in [2.24, 2.45) is 5.41 Å². The molecule has 1 saturated carbocycles. The molecule has 5 rings (SSSR count). The predicted molar refractivity (Wildman–Crippen MR) is 133 cm³/mol. The van der Waals surface area contributed by atoms with E-state index >= 15 is 4.39 Å². The van der Waals surface area contributed by atoms with Crippen molar-refractivity contribution in [3.05, 3.63) is 63.4 Å². The Labute approximate surface area is 209 Å². The van der Waals surface area contributed by atoms with E-state index in [1.165, 1.54) is 6.07 Å². The Morgan fingerprint density at radius 3 is 2.47 bits per heavy atom. The Kier molecular flexibility index (Phi) is 5.62. The maximum absolute atomic E-state index is 15.7. The highest BCUT2D eigenvalue weighted by Crippen LogP contribution is 2.63. The van der Waals surface area contributed by atoms with Crippen LogP contribution in [0.5, 0.6) is 0 Å². The van der Waals surface area contributed by atoms with Gasteiger partial charge in [-0.15, -0.1) is 0 Å². The molecule has 3 atom stereocenters. The Balaban J connectivity index is 1.86. The summed E-state index contributed by atoms with van der Waals surface area (Å²) >= 11 is 12.5. The molecule has 2 aromatic rings. The Hall–Kier alpha value is -1.95. The molecule has 0 unspecified atom stereocenters. The fourth-order valence-electron chi connectivity index (χ4n) is 6.68. The average molecular weight is 503 g/mol. The predicted octanol–water partition coefficient (Wildman–Crippen LogP) is 6.40. The summed E-state index contributed by atoms with van der Waals surface area (Å²) in [6.45, 7) is 5.59. The number of benzene rings is 2. The summed E-state index contributed by atoms with van der Waals surface area (Å²) in [7, 11) is 0. The number of carbonyl (C=O) groups excluding carboxylic acids is 2. The van der Waals surface area contributed by atoms with Crippen LogP contribution in [0.3, 0.4) is 0 Å². The summed E-state index contributed by atoms with van der Waals surface area (Å²) < 4.78 is 15.7. The van der Waals surface area contributed by atoms with Crippen molar-refractivity contribution in [2.45, 2.75) is 75.8 Å². The average Bonchev–Trinajstić information content (AvgIpc) is 3.22. The zero-order valence-electron chi connectivity index (χ0n) is 19.6. The molecule has 1 amide bonds. The van der Waals surface area contributed by atoms with Crippen LogP contribution in [0.15, 0.2) is 36.4 Å². The second-order valence-electron chi connectivity index (χ2n) is 11.0. The minimum Gasteiger partial charge on any atom is -0.325 e. The highest BCUT2D eigenvalue weighted by atomic mass is 35.5. The summed E-state index contributed by atoms with van der Waals surface area (Å²) in [4.78, 5) is 28.1. The molecular weight excluding hydrogens is 474 g/mol. The maximum atomic E-state index is 15.7. The molecular formula is C27H29Cl2FN2O2. The van der Waals surface area contributed by atoms with Crippen LogP contribution in [0, 0.1) is 11.2 Å². The summed E-state index contributed by atoms with van der Waals surface area (Å²) in [6, 6.07) is 9.48. The van der Waals surface area contributed by atoms with Gasteiger partial charge < -0.3 is 5.32 Å². The lowest BCUT2D eigenvalue weighted by Gasteiger charge is -2.47. The molecule has 2 aromatic carbocycles. The molecule has 7 heteroatoms. The van der Waals surface area contributed by atoms with Gasteiger partial charge in [-0.25, -0.2) is 4.39 Å². The number of hydrogen-bond donors (Lipinski definition) is 2. The number of nitrogens with one attached hydrogen (secondary N) is 2. The van der Waals surface area contributed by atoms with Crippen LogP contribution in [-0.2, 0) is 15.0 Å². The third-order valence-electron chi connectivity index (χ3n) is 8.04. The summed E-state index contributed by atoms with van der Waals surface area (Å²) in [6.07, 6.45) is 4.34. The van der Waals surface area contributed by atoms with Gasteiger partial charge in [-0.05, 0) is 42.2 Å². The molecule has 2 heterocycles. The largest absolute Gasteiger partial charge is 0.325 e. The number of ketones is 1. The first-order valence-corrected chi connectivity index (χ1v) is 12.7. The van der Waals surface area contributed by atoms with E-state index in [-0.39, 0.29) is 16.7 Å². The molecule has 0 bridgehead atoms. The van der Waals surface area contributed by atoms with Crippen molar-refractivity contribution in [2.75, 3.05) is 5.32 Å². The molecule has 2 N–H and O–H groups in total. The number of Topliss-reactive ketones (excluding diaryl/α,β-unsaturated/α-hetero) is 1. The number of halogens is 3. The van der Waals surface area contributed by atoms with E-state index in [9.17, 15) is 9.59 Å². The summed E-state index contributed by atoms with van der Waals surface area (Å²) in [5.41, 5.74) is -0.873. The lowest BCUT2D eigenvalue weighted by molar-refractivity contribution is -0.128. The molecule has 1 saturated heterocycles. The molecule has 1 aliphatic carbocycles. The Morgan fingerprint density at radius 1 is 1.09 bits per heavy atom. The first-order chi connectivity index (χ1) is 16.0. The third kappa shape index (κ3) is 3.20. The quantitative estimate of drug-likeness (QED) is 0.499. The number of amides is 1. The van der Waals surface area contributed by atoms with Crippen molar-refractivity contribution in [1.29, 1.82) is 0 Å². The number of carbonyl (C=O) groups is 2. The molecule has 2 aliphatic heterocycles. The molecule has 2 fully saturated rings. The zero-order chi connectivity index (χ0) is 24.5. The van der Waals surface area contributed by atoms with Gasteiger partial charge in [0.15, 0.2) is 5.78 Å². The van der Waals surface area contributed by atoms with Gasteiger partial charge in [-0.2, -0.15) is 0 Å². The molecule has 3 aliphatic rings. The van der Waals surface area contributed by atoms with Crippen LogP contribution in [0.1, 0.15) is 69.9 Å². The van der Waals surface area contributed by atoms with E-state index in [0.29, 0.717) is 16.3 Å². The smallest absolute Gasteiger partial charge is 0.237 e. The van der Waals surface area contributed by atoms with Crippen molar-refractivity contribution < 1.29 is 14.0 Å². The number of rotatable bonds is 2. The van der Waals surface area contributed by atoms with E-state index in [1.807, 2.05) is 26.8 Å². The Morgan fingerprint density at radius 2 is 1.79 bits per heavy atom. The Bertz CT molecular complexity index is 1190. The highest BCUT2D eigenvalue weighted by Gasteiger charge is 2.72. The lowest BCUT2D eigenvalue weighted by atomic mass is 9.55. The van der Waals surface area contributed by atoms with Crippen molar-refractivity contribution in [3.63, 3.8) is 0 Å². The maximum Gasteiger partial charge on any atom is 0.237 e. The molecule has 180 valence electrons. The normalized spacial score (nSPS) is 27.8. The van der Waals surface area contributed by atoms with E-state index < -0.39 is 34.1 Å². The van der Waals surface area contributed by atoms with Gasteiger partial charge >= 0.3 is 0 Å². The molecule has 0 radical (unpaired) electrons. The van der Waals surface area contributed by atoms with Crippen LogP contribution in [0.25, 0.3) is 0 Å². The molecule has 2 spiro atoms. The van der Waals surface area contributed by atoms with Gasteiger partial charge in [0.1, 0.15) is 11.2 Å². The second kappa shape index (κ2) is 8.04. The van der Waals surface area contributed by atoms with Crippen molar-refractivity contribution in [3.8, 4) is 0 Å². The number of fused-ring (bicyclic) bond motifs is 3. The molecule has 4 nitrogen and oxygen atoms in total. The van der Waals surface area contributed by atoms with Crippen LogP contribution >= 0.6 is 23.2 Å². The lowest BCUT2D eigenvalue weighted by Crippen LogP contribution is -2.60. The van der Waals surface area contributed by atoms with Crippen LogP contribution in [0.4, 0.5) is 10.1 Å². The van der Waals surface area contributed by atoms with Crippen molar-refractivity contribution >= 4 is 40.6 Å². The van der Waals surface area contributed by atoms with Gasteiger partial charge in [-0.3, -0.25) is 14.9 Å². The van der Waals surface area contributed by atoms with Gasteiger partial charge in [0.05, 0.1) is 11.1 Å². The monoisotopic (exact) mass is 502 g/mol. The highest BCUT2D eigenvalue weighted by molar-refractivity contribution is 6.31. The van der Waals surface area contributed by atoms with Crippen LogP contribution in [0.2, 0.25) is 10.0 Å². The van der Waals surface area contributed by atoms with E-state index in [0.717, 1.165) is 37.7 Å². The standard InChI is InChI=1S/C27H29Cl2FN2O2/c1-25(2,3)23(33)22-20(16-8-7-9-18(29)21(16)30)27(26(32-22)12-5-4-6-13-26)17-11-10-15(28)14-19(17)31-24(27)34/h7-11,14,20,22,32H,4-6,12-13H2,1-3H3,(H,31,34)/t20-,22+,27+/m0/s1. The summed E-state index contributed by atoms with van der Waals surface area (Å²) in [5, 5.41) is 7.21. The first kappa shape index (κ1) is 23.8. The zero-order valence-corrected chi connectivity index (χ0v) is 21.1. The molecule has 34 heavy (non-hydrogen) atoms. The fraction of sp³-hybridized carbons (Fsp3) is 0.481. The van der Waals surface area contributed by atoms with Gasteiger partial charge in [0.25, 0.3) is 0 Å². The van der Waals surface area contributed by atoms with E-state index in [1.54, 1.807) is 24.3 Å². The topological polar surface area (TPSA) is 58.2 Å². The minimum absolute atomic E-state index is 0.0195. The third-order valence-corrected chi connectivity index (χ3v) is 8.57. The summed E-state index contributed by atoms with van der Waals surface area (Å²) in [5.74, 6) is -1.61. The van der Waals surface area contributed by atoms with E-state index in [2.05, 4.69) is 10.6 Å². The van der Waals surface area contributed by atoms with Gasteiger partial charge in [0, 0.05) is 27.6 Å².